The summed E-state index contributed by atoms with van der Waals surface area (Å²) in [6.07, 6.45) is 0.274. The molecule has 0 saturated carbocycles. The minimum Gasteiger partial charge on any atom is -0.388 e. The van der Waals surface area contributed by atoms with E-state index in [0.717, 1.165) is 11.3 Å². The van der Waals surface area contributed by atoms with Crippen molar-refractivity contribution >= 4 is 23.2 Å². The summed E-state index contributed by atoms with van der Waals surface area (Å²) in [6.45, 7) is 3.53. The summed E-state index contributed by atoms with van der Waals surface area (Å²) in [5, 5.41) is 5.97. The number of hydrogen-bond donors (Lipinski definition) is 2. The standard InChI is InChI=1S/C14H19N3O2/c1-14(2,16-4)13(19)17-11-6-5-10(15-3)7-9(11)8-12(17)18/h5-7,15-16H,8H2,1-4H3. The number of fused-ring (bicyclic) bond motifs is 1. The molecule has 102 valence electrons. The predicted octanol–water partition coefficient (Wildman–Crippen LogP) is 1.14. The van der Waals surface area contributed by atoms with Crippen LogP contribution in [-0.2, 0) is 16.0 Å². The zero-order valence-electron chi connectivity index (χ0n) is 11.7. The Balaban J connectivity index is 2.41. The van der Waals surface area contributed by atoms with Gasteiger partial charge < -0.3 is 10.6 Å². The summed E-state index contributed by atoms with van der Waals surface area (Å²) in [5.74, 6) is -0.396. The van der Waals surface area contributed by atoms with Crippen molar-refractivity contribution in [3.63, 3.8) is 0 Å². The molecule has 2 N–H and O–H groups in total. The molecule has 1 aliphatic heterocycles. The van der Waals surface area contributed by atoms with Crippen molar-refractivity contribution in [2.75, 3.05) is 24.3 Å². The Hall–Kier alpha value is -1.88. The van der Waals surface area contributed by atoms with Gasteiger partial charge in [-0.1, -0.05) is 0 Å². The SMILES string of the molecule is CNc1ccc2c(c1)CC(=O)N2C(=O)C(C)(C)NC. The number of imide groups is 1. The van der Waals surface area contributed by atoms with E-state index >= 15 is 0 Å². The lowest BCUT2D eigenvalue weighted by molar-refractivity contribution is -0.128. The average molecular weight is 261 g/mol. The Morgan fingerprint density at radius 1 is 1.32 bits per heavy atom. The van der Waals surface area contributed by atoms with Crippen molar-refractivity contribution in [3.8, 4) is 0 Å². The van der Waals surface area contributed by atoms with Crippen molar-refractivity contribution in [2.24, 2.45) is 0 Å². The molecule has 0 saturated heterocycles. The molecule has 1 heterocycles. The number of carbonyl (C=O) groups excluding carboxylic acids is 2. The number of nitrogens with zero attached hydrogens (tertiary/aromatic N) is 1. The molecule has 19 heavy (non-hydrogen) atoms. The predicted molar refractivity (Wildman–Crippen MR) is 75.3 cm³/mol. The van der Waals surface area contributed by atoms with Gasteiger partial charge in [-0.05, 0) is 44.7 Å². The van der Waals surface area contributed by atoms with Gasteiger partial charge in [0.15, 0.2) is 0 Å². The van der Waals surface area contributed by atoms with Gasteiger partial charge in [0, 0.05) is 12.7 Å². The Labute approximate surface area is 113 Å². The molecule has 0 spiro atoms. The number of likely N-dealkylation sites (N-methyl/N-ethyl adjacent to an activating group) is 1. The molecule has 0 aliphatic carbocycles. The number of nitrogens with one attached hydrogen (secondary N) is 2. The minimum atomic E-state index is -0.765. The molecule has 0 aromatic heterocycles. The maximum absolute atomic E-state index is 12.5. The summed E-state index contributed by atoms with van der Waals surface area (Å²) in [4.78, 5) is 25.8. The first-order valence-corrected chi connectivity index (χ1v) is 6.27. The highest BCUT2D eigenvalue weighted by Crippen LogP contribution is 2.32. The Bertz CT molecular complexity index is 537. The summed E-state index contributed by atoms with van der Waals surface area (Å²) in [7, 11) is 3.54. The van der Waals surface area contributed by atoms with Gasteiger partial charge in [-0.25, -0.2) is 4.90 Å². The van der Waals surface area contributed by atoms with Crippen molar-refractivity contribution < 1.29 is 9.59 Å². The Morgan fingerprint density at radius 2 is 2.00 bits per heavy atom. The highest BCUT2D eigenvalue weighted by Gasteiger charge is 2.39. The zero-order chi connectivity index (χ0) is 14.2. The Morgan fingerprint density at radius 3 is 2.58 bits per heavy atom. The van der Waals surface area contributed by atoms with E-state index in [9.17, 15) is 9.59 Å². The first kappa shape index (κ1) is 13.5. The first-order valence-electron chi connectivity index (χ1n) is 6.27. The second kappa shape index (κ2) is 4.66. The van der Waals surface area contributed by atoms with Crippen molar-refractivity contribution in [1.82, 2.24) is 5.32 Å². The summed E-state index contributed by atoms with van der Waals surface area (Å²) in [6, 6.07) is 5.59. The molecule has 1 aromatic carbocycles. The van der Waals surface area contributed by atoms with E-state index in [1.54, 1.807) is 20.9 Å². The van der Waals surface area contributed by atoms with Crippen LogP contribution in [0.15, 0.2) is 18.2 Å². The lowest BCUT2D eigenvalue weighted by Gasteiger charge is -2.28. The summed E-state index contributed by atoms with van der Waals surface area (Å²) < 4.78 is 0. The van der Waals surface area contributed by atoms with Crippen LogP contribution in [0.2, 0.25) is 0 Å². The molecule has 5 nitrogen and oxygen atoms in total. The second-order valence-corrected chi connectivity index (χ2v) is 5.18. The molecule has 5 heteroatoms. The normalized spacial score (nSPS) is 14.5. The van der Waals surface area contributed by atoms with Crippen LogP contribution >= 0.6 is 0 Å². The molecule has 2 amide bonds. The second-order valence-electron chi connectivity index (χ2n) is 5.18. The van der Waals surface area contributed by atoms with E-state index in [-0.39, 0.29) is 18.2 Å². The van der Waals surface area contributed by atoms with Gasteiger partial charge in [0.1, 0.15) is 0 Å². The van der Waals surface area contributed by atoms with Crippen LogP contribution in [0, 0.1) is 0 Å². The lowest BCUT2D eigenvalue weighted by atomic mass is 10.0. The van der Waals surface area contributed by atoms with Crippen molar-refractivity contribution in [1.29, 1.82) is 0 Å². The van der Waals surface area contributed by atoms with E-state index in [0.29, 0.717) is 5.69 Å². The number of carbonyl (C=O) groups is 2. The number of benzene rings is 1. The highest BCUT2D eigenvalue weighted by molar-refractivity contribution is 6.21. The van der Waals surface area contributed by atoms with E-state index in [4.69, 9.17) is 0 Å². The molecule has 0 radical (unpaired) electrons. The summed E-state index contributed by atoms with van der Waals surface area (Å²) >= 11 is 0. The molecule has 0 fully saturated rings. The van der Waals surface area contributed by atoms with Gasteiger partial charge in [-0.15, -0.1) is 0 Å². The van der Waals surface area contributed by atoms with Crippen LogP contribution in [0.3, 0.4) is 0 Å². The third-order valence-electron chi connectivity index (χ3n) is 3.56. The van der Waals surface area contributed by atoms with Crippen molar-refractivity contribution in [2.45, 2.75) is 25.8 Å². The van der Waals surface area contributed by atoms with Crippen LogP contribution in [0.1, 0.15) is 19.4 Å². The molecule has 1 aliphatic rings. The van der Waals surface area contributed by atoms with Crippen LogP contribution in [0.25, 0.3) is 0 Å². The minimum absolute atomic E-state index is 0.170. The number of hydrogen-bond acceptors (Lipinski definition) is 4. The number of amides is 2. The highest BCUT2D eigenvalue weighted by atomic mass is 16.2. The van der Waals surface area contributed by atoms with E-state index in [2.05, 4.69) is 10.6 Å². The molecule has 1 aromatic rings. The van der Waals surface area contributed by atoms with Crippen LogP contribution in [0.4, 0.5) is 11.4 Å². The van der Waals surface area contributed by atoms with E-state index in [1.807, 2.05) is 25.2 Å². The van der Waals surface area contributed by atoms with Crippen LogP contribution in [0.5, 0.6) is 0 Å². The largest absolute Gasteiger partial charge is 0.388 e. The van der Waals surface area contributed by atoms with Gasteiger partial charge in [-0.3, -0.25) is 9.59 Å². The molecule has 0 atom stereocenters. The third kappa shape index (κ3) is 2.21. The Kier molecular flexibility index (Phi) is 3.32. The lowest BCUT2D eigenvalue weighted by Crippen LogP contribution is -2.53. The fourth-order valence-electron chi connectivity index (χ4n) is 2.09. The molecule has 2 rings (SSSR count). The monoisotopic (exact) mass is 261 g/mol. The maximum atomic E-state index is 12.5. The molecule has 0 unspecified atom stereocenters. The van der Waals surface area contributed by atoms with Crippen molar-refractivity contribution in [3.05, 3.63) is 23.8 Å². The third-order valence-corrected chi connectivity index (χ3v) is 3.56. The number of anilines is 2. The summed E-state index contributed by atoms with van der Waals surface area (Å²) in [5.41, 5.74) is 1.75. The molecular formula is C14H19N3O2. The van der Waals surface area contributed by atoms with Gasteiger partial charge in [0.2, 0.25) is 5.91 Å². The van der Waals surface area contributed by atoms with Gasteiger partial charge >= 0.3 is 0 Å². The van der Waals surface area contributed by atoms with E-state index < -0.39 is 5.54 Å². The van der Waals surface area contributed by atoms with Crippen LogP contribution in [-0.4, -0.2) is 31.4 Å². The quantitative estimate of drug-likeness (QED) is 0.856. The number of rotatable bonds is 3. The van der Waals surface area contributed by atoms with Crippen LogP contribution < -0.4 is 15.5 Å². The smallest absolute Gasteiger partial charge is 0.253 e. The molecule has 0 bridgehead atoms. The maximum Gasteiger partial charge on any atom is 0.253 e. The fraction of sp³-hybridized carbons (Fsp3) is 0.429. The fourth-order valence-corrected chi connectivity index (χ4v) is 2.09. The topological polar surface area (TPSA) is 61.4 Å². The first-order chi connectivity index (χ1) is 8.90. The van der Waals surface area contributed by atoms with Gasteiger partial charge in [0.05, 0.1) is 17.6 Å². The van der Waals surface area contributed by atoms with E-state index in [1.165, 1.54) is 4.90 Å². The average Bonchev–Trinajstić information content (AvgIpc) is 2.72. The molecular weight excluding hydrogens is 242 g/mol. The van der Waals surface area contributed by atoms with Gasteiger partial charge in [0.25, 0.3) is 5.91 Å². The zero-order valence-corrected chi connectivity index (χ0v) is 11.7. The van der Waals surface area contributed by atoms with Gasteiger partial charge in [-0.2, -0.15) is 0 Å².